The number of aryl methyl sites for hydroxylation is 2. The molecule has 1 saturated heterocycles. The van der Waals surface area contributed by atoms with E-state index in [-0.39, 0.29) is 11.7 Å². The molecule has 2 aliphatic rings. The maximum absolute atomic E-state index is 15.5. The number of ether oxygens (including phenoxy) is 1. The van der Waals surface area contributed by atoms with Crippen molar-refractivity contribution in [2.75, 3.05) is 13.2 Å². The minimum absolute atomic E-state index is 0.0743. The number of hydrogen-bond donors (Lipinski definition) is 1. The molecule has 6 heterocycles. The largest absolute Gasteiger partial charge is 0.384 e. The molecule has 192 valence electrons. The standard InChI is InChI=1S/C27H30FN7O2/c1-15-23(34(4)33-32-15)17-12-20-21(30-13-17)18-14-31-26(27(2,3)36)25(18)35(20)24(16-7-10-37-11-8-16)22-19(28)6-5-9-29-22/h5-6,9,12-13,16,24,36H,7-8,10-11,14H2,1-4H3/t24-/m0/s1. The number of rotatable bonds is 5. The summed E-state index contributed by atoms with van der Waals surface area (Å²) in [5.74, 6) is -0.282. The van der Waals surface area contributed by atoms with Crippen LogP contribution in [0.15, 0.2) is 35.6 Å². The zero-order chi connectivity index (χ0) is 25.9. The molecule has 1 fully saturated rings. The molecule has 2 aliphatic heterocycles. The summed E-state index contributed by atoms with van der Waals surface area (Å²) in [6.45, 7) is 6.99. The van der Waals surface area contributed by atoms with Crippen LogP contribution in [0, 0.1) is 18.7 Å². The first-order valence-corrected chi connectivity index (χ1v) is 12.6. The van der Waals surface area contributed by atoms with Crippen molar-refractivity contribution in [3.05, 3.63) is 59.1 Å². The van der Waals surface area contributed by atoms with Gasteiger partial charge >= 0.3 is 0 Å². The Morgan fingerprint density at radius 3 is 2.65 bits per heavy atom. The van der Waals surface area contributed by atoms with Crippen LogP contribution in [-0.4, -0.2) is 59.2 Å². The van der Waals surface area contributed by atoms with Crippen LogP contribution >= 0.6 is 0 Å². The van der Waals surface area contributed by atoms with Crippen molar-refractivity contribution < 1.29 is 14.2 Å². The van der Waals surface area contributed by atoms with E-state index < -0.39 is 11.6 Å². The van der Waals surface area contributed by atoms with Crippen LogP contribution in [0.25, 0.3) is 22.3 Å². The normalized spacial score (nSPS) is 17.3. The Morgan fingerprint density at radius 1 is 1.19 bits per heavy atom. The minimum atomic E-state index is -1.19. The molecular weight excluding hydrogens is 473 g/mol. The summed E-state index contributed by atoms with van der Waals surface area (Å²) in [7, 11) is 1.85. The summed E-state index contributed by atoms with van der Waals surface area (Å²) in [6, 6.07) is 4.71. The van der Waals surface area contributed by atoms with E-state index in [0.29, 0.717) is 31.2 Å². The number of nitrogens with zero attached hydrogens (tertiary/aromatic N) is 7. The molecular formula is C27H30FN7O2. The van der Waals surface area contributed by atoms with Crippen LogP contribution in [0.1, 0.15) is 55.4 Å². The molecule has 37 heavy (non-hydrogen) atoms. The maximum atomic E-state index is 15.5. The van der Waals surface area contributed by atoms with Gasteiger partial charge in [-0.2, -0.15) is 0 Å². The quantitative estimate of drug-likeness (QED) is 0.445. The molecule has 0 saturated carbocycles. The average Bonchev–Trinajstić information content (AvgIpc) is 3.54. The number of hydrogen-bond acceptors (Lipinski definition) is 7. The highest BCUT2D eigenvalue weighted by Gasteiger charge is 2.40. The third-order valence-corrected chi connectivity index (χ3v) is 7.47. The summed E-state index contributed by atoms with van der Waals surface area (Å²) >= 11 is 0. The first kappa shape index (κ1) is 23.9. The van der Waals surface area contributed by atoms with Crippen LogP contribution in [0.3, 0.4) is 0 Å². The Balaban J connectivity index is 1.68. The molecule has 0 amide bonds. The topological polar surface area (TPSA) is 103 Å². The Morgan fingerprint density at radius 2 is 1.97 bits per heavy atom. The smallest absolute Gasteiger partial charge is 0.146 e. The van der Waals surface area contributed by atoms with Crippen LogP contribution in [0.2, 0.25) is 0 Å². The first-order chi connectivity index (χ1) is 17.8. The van der Waals surface area contributed by atoms with Gasteiger partial charge in [0.25, 0.3) is 0 Å². The minimum Gasteiger partial charge on any atom is -0.384 e. The molecule has 6 rings (SSSR count). The fourth-order valence-electron chi connectivity index (χ4n) is 5.85. The van der Waals surface area contributed by atoms with Crippen molar-refractivity contribution in [3.63, 3.8) is 0 Å². The number of aliphatic hydroxyl groups is 1. The Kier molecular flexibility index (Phi) is 5.68. The van der Waals surface area contributed by atoms with Crippen LogP contribution in [0.5, 0.6) is 0 Å². The van der Waals surface area contributed by atoms with Crippen LogP contribution in [0.4, 0.5) is 4.39 Å². The summed E-state index contributed by atoms with van der Waals surface area (Å²) in [6.07, 6.45) is 4.99. The predicted molar refractivity (Wildman–Crippen MR) is 137 cm³/mol. The number of aliphatic imine (C=N–C) groups is 1. The van der Waals surface area contributed by atoms with Gasteiger partial charge in [-0.05, 0) is 57.7 Å². The maximum Gasteiger partial charge on any atom is 0.146 e. The number of halogens is 1. The van der Waals surface area contributed by atoms with E-state index in [2.05, 4.69) is 25.9 Å². The lowest BCUT2D eigenvalue weighted by Gasteiger charge is -2.34. The molecule has 0 unspecified atom stereocenters. The summed E-state index contributed by atoms with van der Waals surface area (Å²) < 4.78 is 25.0. The van der Waals surface area contributed by atoms with Gasteiger partial charge in [0.05, 0.1) is 52.1 Å². The molecule has 0 radical (unpaired) electrons. The fourth-order valence-corrected chi connectivity index (χ4v) is 5.85. The van der Waals surface area contributed by atoms with E-state index in [4.69, 9.17) is 14.7 Å². The van der Waals surface area contributed by atoms with Gasteiger partial charge in [0.1, 0.15) is 11.4 Å². The van der Waals surface area contributed by atoms with Gasteiger partial charge in [0, 0.05) is 43.8 Å². The van der Waals surface area contributed by atoms with Gasteiger partial charge in [0.2, 0.25) is 0 Å². The van der Waals surface area contributed by atoms with Gasteiger partial charge in [-0.15, -0.1) is 5.10 Å². The predicted octanol–water partition coefficient (Wildman–Crippen LogP) is 3.76. The second-order valence-corrected chi connectivity index (χ2v) is 10.4. The monoisotopic (exact) mass is 503 g/mol. The van der Waals surface area contributed by atoms with Gasteiger partial charge < -0.3 is 14.4 Å². The molecule has 1 N–H and O–H groups in total. The Hall–Kier alpha value is -3.50. The van der Waals surface area contributed by atoms with E-state index in [1.54, 1.807) is 30.8 Å². The number of pyridine rings is 2. The molecule has 10 heteroatoms. The number of aromatic nitrogens is 6. The lowest BCUT2D eigenvalue weighted by Crippen LogP contribution is -2.35. The van der Waals surface area contributed by atoms with Gasteiger partial charge in [-0.1, -0.05) is 5.21 Å². The van der Waals surface area contributed by atoms with Gasteiger partial charge in [-0.25, -0.2) is 9.07 Å². The van der Waals surface area contributed by atoms with Crippen molar-refractivity contribution >= 4 is 16.7 Å². The van der Waals surface area contributed by atoms with Crippen molar-refractivity contribution in [1.82, 2.24) is 29.5 Å². The van der Waals surface area contributed by atoms with E-state index in [9.17, 15) is 5.11 Å². The van der Waals surface area contributed by atoms with E-state index in [1.165, 1.54) is 6.07 Å². The highest BCUT2D eigenvalue weighted by Crippen LogP contribution is 2.43. The summed E-state index contributed by atoms with van der Waals surface area (Å²) in [5.41, 5.74) is 5.67. The Labute approximate surface area is 214 Å². The van der Waals surface area contributed by atoms with Gasteiger partial charge in [0.15, 0.2) is 0 Å². The molecule has 4 aromatic heterocycles. The lowest BCUT2D eigenvalue weighted by molar-refractivity contribution is 0.0536. The Bertz CT molecular complexity index is 1510. The van der Waals surface area contributed by atoms with Crippen molar-refractivity contribution in [2.45, 2.75) is 51.8 Å². The molecule has 0 aromatic carbocycles. The van der Waals surface area contributed by atoms with E-state index in [1.807, 2.05) is 20.2 Å². The average molecular weight is 504 g/mol. The van der Waals surface area contributed by atoms with Crippen molar-refractivity contribution in [3.8, 4) is 11.3 Å². The summed E-state index contributed by atoms with van der Waals surface area (Å²) in [4.78, 5) is 14.2. The second kappa shape index (κ2) is 8.81. The van der Waals surface area contributed by atoms with Crippen molar-refractivity contribution in [1.29, 1.82) is 0 Å². The van der Waals surface area contributed by atoms with Crippen LogP contribution in [-0.2, 0) is 18.3 Å². The molecule has 0 spiro atoms. The molecule has 1 atom stereocenters. The molecule has 0 aliphatic carbocycles. The first-order valence-electron chi connectivity index (χ1n) is 12.6. The lowest BCUT2D eigenvalue weighted by atomic mass is 9.88. The molecule has 9 nitrogen and oxygen atoms in total. The number of fused-ring (bicyclic) bond motifs is 3. The van der Waals surface area contributed by atoms with Gasteiger partial charge in [-0.3, -0.25) is 15.0 Å². The zero-order valence-electron chi connectivity index (χ0n) is 21.4. The molecule has 0 bridgehead atoms. The van der Waals surface area contributed by atoms with Crippen LogP contribution < -0.4 is 0 Å². The highest BCUT2D eigenvalue weighted by atomic mass is 19.1. The molecule has 4 aromatic rings. The van der Waals surface area contributed by atoms with E-state index >= 15 is 4.39 Å². The summed E-state index contributed by atoms with van der Waals surface area (Å²) in [5, 5.41) is 19.5. The third-order valence-electron chi connectivity index (χ3n) is 7.47. The zero-order valence-corrected chi connectivity index (χ0v) is 21.4. The fraction of sp³-hybridized carbons (Fsp3) is 0.444. The third kappa shape index (κ3) is 3.86. The second-order valence-electron chi connectivity index (χ2n) is 10.4. The van der Waals surface area contributed by atoms with Crippen molar-refractivity contribution in [2.24, 2.45) is 18.0 Å². The highest BCUT2D eigenvalue weighted by molar-refractivity contribution is 6.11. The SMILES string of the molecule is Cc1nnn(C)c1-c1cnc2c3c(n([C@H](c4ncccc4F)C4CCOCC4)c2c1)C(C(C)(C)O)=NC3. The van der Waals surface area contributed by atoms with E-state index in [0.717, 1.165) is 52.1 Å².